The van der Waals surface area contributed by atoms with Crippen molar-refractivity contribution in [3.8, 4) is 0 Å². The number of aromatic amines is 1. The van der Waals surface area contributed by atoms with E-state index >= 15 is 0 Å². The van der Waals surface area contributed by atoms with Crippen molar-refractivity contribution in [1.29, 1.82) is 0 Å². The molecular formula is C12H18ClN3O. The Morgan fingerprint density at radius 3 is 2.82 bits per heavy atom. The predicted molar refractivity (Wildman–Crippen MR) is 67.3 cm³/mol. The number of aromatic nitrogens is 2. The van der Waals surface area contributed by atoms with Crippen molar-refractivity contribution in [2.45, 2.75) is 38.6 Å². The minimum absolute atomic E-state index is 0.0591. The summed E-state index contributed by atoms with van der Waals surface area (Å²) in [5, 5.41) is 6.71. The smallest absolute Gasteiger partial charge is 0.257 e. The third-order valence-corrected chi connectivity index (χ3v) is 3.58. The van der Waals surface area contributed by atoms with E-state index in [-0.39, 0.29) is 5.91 Å². The molecule has 0 atom stereocenters. The van der Waals surface area contributed by atoms with Crippen LogP contribution in [0.3, 0.4) is 0 Å². The number of carbonyl (C=O) groups excluding carboxylic acids is 1. The van der Waals surface area contributed by atoms with Crippen molar-refractivity contribution in [2.24, 2.45) is 0 Å². The Morgan fingerprint density at radius 1 is 1.59 bits per heavy atom. The number of rotatable bonds is 4. The molecule has 1 aliphatic rings. The lowest BCUT2D eigenvalue weighted by Crippen LogP contribution is -2.40. The number of alkyl halides is 1. The number of nitrogens with one attached hydrogen (secondary N) is 1. The van der Waals surface area contributed by atoms with E-state index in [0.29, 0.717) is 24.0 Å². The first-order valence-electron chi connectivity index (χ1n) is 6.11. The second-order valence-electron chi connectivity index (χ2n) is 4.53. The molecule has 0 unspecified atom stereocenters. The Labute approximate surface area is 106 Å². The Balaban J connectivity index is 2.15. The third-order valence-electron chi connectivity index (χ3n) is 3.41. The molecular weight excluding hydrogens is 238 g/mol. The lowest BCUT2D eigenvalue weighted by atomic mass is 10.1. The van der Waals surface area contributed by atoms with E-state index in [1.54, 1.807) is 6.20 Å². The molecule has 0 spiro atoms. The summed E-state index contributed by atoms with van der Waals surface area (Å²) in [6, 6.07) is 0.357. The molecule has 2 rings (SSSR count). The number of aryl methyl sites for hydroxylation is 1. The van der Waals surface area contributed by atoms with Gasteiger partial charge in [0.25, 0.3) is 5.91 Å². The molecule has 0 radical (unpaired) electrons. The van der Waals surface area contributed by atoms with Crippen LogP contribution >= 0.6 is 11.6 Å². The van der Waals surface area contributed by atoms with Gasteiger partial charge in [0.1, 0.15) is 0 Å². The molecule has 94 valence electrons. The number of halogens is 1. The SMILES string of the molecule is Cc1[nH]ncc1C(=O)N(CCCl)C1CCCC1. The van der Waals surface area contributed by atoms with Gasteiger partial charge in [0.2, 0.25) is 0 Å². The van der Waals surface area contributed by atoms with Crippen molar-refractivity contribution < 1.29 is 4.79 Å². The molecule has 1 aliphatic carbocycles. The van der Waals surface area contributed by atoms with Crippen LogP contribution in [0.4, 0.5) is 0 Å². The van der Waals surface area contributed by atoms with Gasteiger partial charge in [-0.3, -0.25) is 9.89 Å². The van der Waals surface area contributed by atoms with Crippen molar-refractivity contribution in [3.63, 3.8) is 0 Å². The largest absolute Gasteiger partial charge is 0.334 e. The van der Waals surface area contributed by atoms with Gasteiger partial charge in [-0.15, -0.1) is 11.6 Å². The van der Waals surface area contributed by atoms with E-state index in [1.165, 1.54) is 12.8 Å². The maximum absolute atomic E-state index is 12.4. The van der Waals surface area contributed by atoms with Crippen LogP contribution in [0.1, 0.15) is 41.7 Å². The lowest BCUT2D eigenvalue weighted by Gasteiger charge is -2.28. The summed E-state index contributed by atoms with van der Waals surface area (Å²) >= 11 is 5.80. The minimum atomic E-state index is 0.0591. The summed E-state index contributed by atoms with van der Waals surface area (Å²) in [5.41, 5.74) is 1.49. The van der Waals surface area contributed by atoms with Crippen LogP contribution in [0, 0.1) is 6.92 Å². The zero-order valence-electron chi connectivity index (χ0n) is 10.1. The number of H-pyrrole nitrogens is 1. The summed E-state index contributed by atoms with van der Waals surface area (Å²) < 4.78 is 0. The normalized spacial score (nSPS) is 16.4. The first kappa shape index (κ1) is 12.4. The Kier molecular flexibility index (Phi) is 4.05. The van der Waals surface area contributed by atoms with E-state index in [0.717, 1.165) is 18.5 Å². The summed E-state index contributed by atoms with van der Waals surface area (Å²) in [4.78, 5) is 14.3. The van der Waals surface area contributed by atoms with Gasteiger partial charge in [-0.2, -0.15) is 5.10 Å². The Bertz CT molecular complexity index is 385. The Morgan fingerprint density at radius 2 is 2.29 bits per heavy atom. The van der Waals surface area contributed by atoms with Gasteiger partial charge in [-0.1, -0.05) is 12.8 Å². The molecule has 1 heterocycles. The highest BCUT2D eigenvalue weighted by Gasteiger charge is 2.28. The molecule has 1 aromatic rings. The van der Waals surface area contributed by atoms with Gasteiger partial charge < -0.3 is 4.90 Å². The van der Waals surface area contributed by atoms with Crippen molar-refractivity contribution in [3.05, 3.63) is 17.5 Å². The van der Waals surface area contributed by atoms with Crippen LogP contribution in [0.15, 0.2) is 6.20 Å². The first-order valence-corrected chi connectivity index (χ1v) is 6.64. The van der Waals surface area contributed by atoms with Gasteiger partial charge in [0, 0.05) is 24.2 Å². The van der Waals surface area contributed by atoms with Crippen molar-refractivity contribution in [1.82, 2.24) is 15.1 Å². The lowest BCUT2D eigenvalue weighted by molar-refractivity contribution is 0.0694. The molecule has 17 heavy (non-hydrogen) atoms. The van der Waals surface area contributed by atoms with Gasteiger partial charge in [0.15, 0.2) is 0 Å². The van der Waals surface area contributed by atoms with Crippen molar-refractivity contribution >= 4 is 17.5 Å². The molecule has 0 aromatic carbocycles. The highest BCUT2D eigenvalue weighted by Crippen LogP contribution is 2.25. The fraction of sp³-hybridized carbons (Fsp3) is 0.667. The van der Waals surface area contributed by atoms with Gasteiger partial charge in [-0.25, -0.2) is 0 Å². The minimum Gasteiger partial charge on any atom is -0.334 e. The zero-order chi connectivity index (χ0) is 12.3. The molecule has 0 saturated heterocycles. The van der Waals surface area contributed by atoms with Gasteiger partial charge >= 0.3 is 0 Å². The van der Waals surface area contributed by atoms with Crippen LogP contribution in [0.25, 0.3) is 0 Å². The predicted octanol–water partition coefficient (Wildman–Crippen LogP) is 2.34. The van der Waals surface area contributed by atoms with Gasteiger partial charge in [0.05, 0.1) is 11.8 Å². The molecule has 0 aliphatic heterocycles. The monoisotopic (exact) mass is 255 g/mol. The maximum atomic E-state index is 12.4. The second kappa shape index (κ2) is 5.54. The first-order chi connectivity index (χ1) is 8.24. The van der Waals surface area contributed by atoms with E-state index in [4.69, 9.17) is 11.6 Å². The van der Waals surface area contributed by atoms with E-state index < -0.39 is 0 Å². The van der Waals surface area contributed by atoms with Crippen LogP contribution < -0.4 is 0 Å². The molecule has 1 saturated carbocycles. The number of carbonyl (C=O) groups is 1. The van der Waals surface area contributed by atoms with Crippen molar-refractivity contribution in [2.75, 3.05) is 12.4 Å². The van der Waals surface area contributed by atoms with E-state index in [1.807, 2.05) is 11.8 Å². The van der Waals surface area contributed by atoms with E-state index in [2.05, 4.69) is 10.2 Å². The molecule has 1 N–H and O–H groups in total. The number of nitrogens with zero attached hydrogens (tertiary/aromatic N) is 2. The molecule has 1 fully saturated rings. The van der Waals surface area contributed by atoms with Crippen LogP contribution in [-0.2, 0) is 0 Å². The second-order valence-corrected chi connectivity index (χ2v) is 4.91. The van der Waals surface area contributed by atoms with E-state index in [9.17, 15) is 4.79 Å². The highest BCUT2D eigenvalue weighted by molar-refractivity contribution is 6.18. The third kappa shape index (κ3) is 2.63. The number of hydrogen-bond donors (Lipinski definition) is 1. The average Bonchev–Trinajstić information content (AvgIpc) is 2.95. The Hall–Kier alpha value is -1.03. The zero-order valence-corrected chi connectivity index (χ0v) is 10.8. The summed E-state index contributed by atoms with van der Waals surface area (Å²) in [6.07, 6.45) is 6.22. The summed E-state index contributed by atoms with van der Waals surface area (Å²) in [5.74, 6) is 0.544. The fourth-order valence-corrected chi connectivity index (χ4v) is 2.66. The molecule has 1 aromatic heterocycles. The van der Waals surface area contributed by atoms with Gasteiger partial charge in [-0.05, 0) is 19.8 Å². The standard InChI is InChI=1S/C12H18ClN3O/c1-9-11(8-14-15-9)12(17)16(7-6-13)10-4-2-3-5-10/h8,10H,2-7H2,1H3,(H,14,15). The molecule has 1 amide bonds. The highest BCUT2D eigenvalue weighted by atomic mass is 35.5. The quantitative estimate of drug-likeness (QED) is 0.840. The molecule has 0 bridgehead atoms. The number of hydrogen-bond acceptors (Lipinski definition) is 2. The topological polar surface area (TPSA) is 49.0 Å². The summed E-state index contributed by atoms with van der Waals surface area (Å²) in [7, 11) is 0. The molecule has 5 heteroatoms. The average molecular weight is 256 g/mol. The maximum Gasteiger partial charge on any atom is 0.257 e. The summed E-state index contributed by atoms with van der Waals surface area (Å²) in [6.45, 7) is 2.49. The number of amides is 1. The van der Waals surface area contributed by atoms with Crippen LogP contribution in [0.5, 0.6) is 0 Å². The fourth-order valence-electron chi connectivity index (χ4n) is 2.48. The molecule has 4 nitrogen and oxygen atoms in total. The van der Waals surface area contributed by atoms with Crippen LogP contribution in [-0.4, -0.2) is 39.5 Å². The van der Waals surface area contributed by atoms with Crippen LogP contribution in [0.2, 0.25) is 0 Å².